The molecule has 2 heterocycles. The van der Waals surface area contributed by atoms with Gasteiger partial charge in [0.1, 0.15) is 18.3 Å². The van der Waals surface area contributed by atoms with Crippen LogP contribution in [-0.4, -0.2) is 36.8 Å². The van der Waals surface area contributed by atoms with E-state index in [9.17, 15) is 0 Å². The van der Waals surface area contributed by atoms with Crippen molar-refractivity contribution >= 4 is 0 Å². The van der Waals surface area contributed by atoms with Crippen molar-refractivity contribution in [3.63, 3.8) is 0 Å². The van der Waals surface area contributed by atoms with Gasteiger partial charge in [0.2, 0.25) is 0 Å². The first-order valence-corrected chi connectivity index (χ1v) is 7.18. The topological polar surface area (TPSA) is 36.9 Å². The molecule has 0 N–H and O–H groups in total. The molecule has 3 rings (SSSR count). The zero-order valence-electron chi connectivity index (χ0n) is 12.2. The Balaban J connectivity index is 1.53. The van der Waals surface area contributed by atoms with E-state index in [1.54, 1.807) is 0 Å². The van der Waals surface area contributed by atoms with Crippen LogP contribution in [0.2, 0.25) is 0 Å². The van der Waals surface area contributed by atoms with E-state index in [2.05, 4.69) is 12.1 Å². The standard InChI is InChI=1S/C16H22O4/c1-11-14-15(20-16(2,3)19-14)13(18-11)10-17-9-12-7-5-4-6-8-12/h4-8,11,13-15H,9-10H2,1-3H3/t11-,13+,14+,15-/m0/s1. The molecular formula is C16H22O4. The molecule has 0 radical (unpaired) electrons. The highest BCUT2D eigenvalue weighted by Gasteiger charge is 2.53. The van der Waals surface area contributed by atoms with E-state index in [0.717, 1.165) is 0 Å². The summed E-state index contributed by atoms with van der Waals surface area (Å²) in [7, 11) is 0. The largest absolute Gasteiger partial charge is 0.374 e. The van der Waals surface area contributed by atoms with Crippen LogP contribution in [0.4, 0.5) is 0 Å². The highest BCUT2D eigenvalue weighted by Crippen LogP contribution is 2.38. The molecular weight excluding hydrogens is 256 g/mol. The van der Waals surface area contributed by atoms with Crippen LogP contribution in [0, 0.1) is 0 Å². The minimum atomic E-state index is -0.523. The van der Waals surface area contributed by atoms with Crippen LogP contribution in [0.15, 0.2) is 30.3 Å². The second-order valence-corrected chi connectivity index (χ2v) is 5.95. The first-order valence-electron chi connectivity index (χ1n) is 7.18. The summed E-state index contributed by atoms with van der Waals surface area (Å²) in [4.78, 5) is 0. The average molecular weight is 278 g/mol. The normalized spacial score (nSPS) is 35.1. The molecule has 4 atom stereocenters. The lowest BCUT2D eigenvalue weighted by atomic mass is 10.1. The van der Waals surface area contributed by atoms with Crippen molar-refractivity contribution in [3.8, 4) is 0 Å². The van der Waals surface area contributed by atoms with Crippen molar-refractivity contribution in [1.29, 1.82) is 0 Å². The van der Waals surface area contributed by atoms with Crippen LogP contribution in [0.1, 0.15) is 26.3 Å². The van der Waals surface area contributed by atoms with Gasteiger partial charge in [-0.3, -0.25) is 0 Å². The first kappa shape index (κ1) is 14.0. The molecule has 0 aliphatic carbocycles. The Bertz CT molecular complexity index is 445. The van der Waals surface area contributed by atoms with Crippen LogP contribution >= 0.6 is 0 Å². The molecule has 2 saturated heterocycles. The van der Waals surface area contributed by atoms with Crippen molar-refractivity contribution in [3.05, 3.63) is 35.9 Å². The molecule has 0 spiro atoms. The molecule has 20 heavy (non-hydrogen) atoms. The van der Waals surface area contributed by atoms with Crippen molar-refractivity contribution in [2.45, 2.75) is 57.6 Å². The first-order chi connectivity index (χ1) is 9.55. The fraction of sp³-hybridized carbons (Fsp3) is 0.625. The van der Waals surface area contributed by atoms with E-state index in [-0.39, 0.29) is 24.4 Å². The van der Waals surface area contributed by atoms with Crippen LogP contribution < -0.4 is 0 Å². The molecule has 1 aromatic rings. The molecule has 2 aliphatic heterocycles. The molecule has 4 heteroatoms. The van der Waals surface area contributed by atoms with Gasteiger partial charge >= 0.3 is 0 Å². The van der Waals surface area contributed by atoms with E-state index in [1.807, 2.05) is 39.0 Å². The molecule has 0 aromatic heterocycles. The Morgan fingerprint density at radius 1 is 1.10 bits per heavy atom. The fourth-order valence-electron chi connectivity index (χ4n) is 2.90. The van der Waals surface area contributed by atoms with Crippen molar-refractivity contribution in [2.75, 3.05) is 6.61 Å². The third-order valence-corrected chi connectivity index (χ3v) is 3.78. The SMILES string of the molecule is C[C@@H]1O[C@H](COCc2ccccc2)[C@@H]2OC(C)(C)O[C@@H]21. The lowest BCUT2D eigenvalue weighted by Crippen LogP contribution is -2.32. The van der Waals surface area contributed by atoms with Gasteiger partial charge in [0.15, 0.2) is 5.79 Å². The Labute approximate surface area is 120 Å². The summed E-state index contributed by atoms with van der Waals surface area (Å²) < 4.78 is 23.5. The van der Waals surface area contributed by atoms with Crippen molar-refractivity contribution in [2.24, 2.45) is 0 Å². The Morgan fingerprint density at radius 3 is 2.55 bits per heavy atom. The minimum absolute atomic E-state index is 0.00956. The van der Waals surface area contributed by atoms with E-state index in [4.69, 9.17) is 18.9 Å². The maximum absolute atomic E-state index is 5.93. The summed E-state index contributed by atoms with van der Waals surface area (Å²) in [6.45, 7) is 7.04. The maximum Gasteiger partial charge on any atom is 0.164 e. The Hall–Kier alpha value is -0.940. The van der Waals surface area contributed by atoms with Crippen molar-refractivity contribution in [1.82, 2.24) is 0 Å². The second-order valence-electron chi connectivity index (χ2n) is 5.95. The highest BCUT2D eigenvalue weighted by atomic mass is 16.8. The average Bonchev–Trinajstić information content (AvgIpc) is 2.87. The number of rotatable bonds is 4. The van der Waals surface area contributed by atoms with Gasteiger partial charge in [-0.05, 0) is 26.3 Å². The van der Waals surface area contributed by atoms with Gasteiger partial charge in [-0.1, -0.05) is 30.3 Å². The fourth-order valence-corrected chi connectivity index (χ4v) is 2.90. The molecule has 2 aliphatic rings. The van der Waals surface area contributed by atoms with Gasteiger partial charge in [-0.15, -0.1) is 0 Å². The second kappa shape index (κ2) is 5.45. The van der Waals surface area contributed by atoms with Gasteiger partial charge in [-0.25, -0.2) is 0 Å². The van der Waals surface area contributed by atoms with Gasteiger partial charge < -0.3 is 18.9 Å². The lowest BCUT2D eigenvalue weighted by Gasteiger charge is -2.23. The summed E-state index contributed by atoms with van der Waals surface area (Å²) in [6, 6.07) is 10.1. The Kier molecular flexibility index (Phi) is 3.82. The highest BCUT2D eigenvalue weighted by molar-refractivity contribution is 5.13. The summed E-state index contributed by atoms with van der Waals surface area (Å²) in [6.07, 6.45) is -0.0290. The van der Waals surface area contributed by atoms with Crippen LogP contribution in [0.25, 0.3) is 0 Å². The van der Waals surface area contributed by atoms with Gasteiger partial charge in [0.25, 0.3) is 0 Å². The molecule has 1 aromatic carbocycles. The molecule has 0 amide bonds. The molecule has 0 bridgehead atoms. The van der Waals surface area contributed by atoms with E-state index in [1.165, 1.54) is 5.56 Å². The number of hydrogen-bond donors (Lipinski definition) is 0. The quantitative estimate of drug-likeness (QED) is 0.848. The number of benzene rings is 1. The molecule has 2 fully saturated rings. The summed E-state index contributed by atoms with van der Waals surface area (Å²) >= 11 is 0. The van der Waals surface area contributed by atoms with E-state index >= 15 is 0 Å². The summed E-state index contributed by atoms with van der Waals surface area (Å²) in [5.41, 5.74) is 1.17. The third kappa shape index (κ3) is 2.88. The lowest BCUT2D eigenvalue weighted by molar-refractivity contribution is -0.190. The number of hydrogen-bond acceptors (Lipinski definition) is 4. The molecule has 0 unspecified atom stereocenters. The smallest absolute Gasteiger partial charge is 0.164 e. The predicted molar refractivity (Wildman–Crippen MR) is 74.3 cm³/mol. The molecule has 110 valence electrons. The van der Waals surface area contributed by atoms with Crippen molar-refractivity contribution < 1.29 is 18.9 Å². The minimum Gasteiger partial charge on any atom is -0.374 e. The monoisotopic (exact) mass is 278 g/mol. The van der Waals surface area contributed by atoms with Gasteiger partial charge in [0.05, 0.1) is 19.3 Å². The molecule has 0 saturated carbocycles. The summed E-state index contributed by atoms with van der Waals surface area (Å²) in [5.74, 6) is -0.523. The summed E-state index contributed by atoms with van der Waals surface area (Å²) in [5, 5.41) is 0. The zero-order chi connectivity index (χ0) is 14.2. The van der Waals surface area contributed by atoms with E-state index in [0.29, 0.717) is 13.2 Å². The van der Waals surface area contributed by atoms with Crippen LogP contribution in [0.3, 0.4) is 0 Å². The third-order valence-electron chi connectivity index (χ3n) is 3.78. The zero-order valence-corrected chi connectivity index (χ0v) is 12.2. The van der Waals surface area contributed by atoms with E-state index < -0.39 is 5.79 Å². The molecule has 4 nitrogen and oxygen atoms in total. The van der Waals surface area contributed by atoms with Gasteiger partial charge in [0, 0.05) is 0 Å². The number of fused-ring (bicyclic) bond motifs is 1. The Morgan fingerprint density at radius 2 is 1.80 bits per heavy atom. The maximum atomic E-state index is 5.93. The van der Waals surface area contributed by atoms with Crippen LogP contribution in [-0.2, 0) is 25.6 Å². The van der Waals surface area contributed by atoms with Crippen LogP contribution in [0.5, 0.6) is 0 Å². The van der Waals surface area contributed by atoms with Gasteiger partial charge in [-0.2, -0.15) is 0 Å². The predicted octanol–water partition coefficient (Wildman–Crippen LogP) is 2.51. The number of ether oxygens (including phenoxy) is 4.